The van der Waals surface area contributed by atoms with Crippen molar-refractivity contribution in [3.8, 4) is 12.3 Å². The lowest BCUT2D eigenvalue weighted by Crippen LogP contribution is -2.11. The average Bonchev–Trinajstić information content (AvgIpc) is 2.31. The molecule has 0 saturated carbocycles. The van der Waals surface area contributed by atoms with Gasteiger partial charge in [-0.05, 0) is 42.8 Å². The van der Waals surface area contributed by atoms with E-state index < -0.39 is 0 Å². The van der Waals surface area contributed by atoms with Crippen LogP contribution in [-0.2, 0) is 5.41 Å². The molecule has 1 rings (SSSR count). The summed E-state index contributed by atoms with van der Waals surface area (Å²) in [5, 5.41) is 0. The third kappa shape index (κ3) is 1.73. The number of hydrogen-bond acceptors (Lipinski definition) is 1. The van der Waals surface area contributed by atoms with Crippen LogP contribution in [0.3, 0.4) is 0 Å². The van der Waals surface area contributed by atoms with Crippen LogP contribution >= 0.6 is 27.3 Å². The monoisotopic (exact) mass is 242 g/mol. The molecule has 0 aromatic carbocycles. The summed E-state index contributed by atoms with van der Waals surface area (Å²) >= 11 is 5.27. The minimum Gasteiger partial charge on any atom is -0.143 e. The quantitative estimate of drug-likeness (QED) is 0.659. The second-order valence-corrected chi connectivity index (χ2v) is 5.41. The topological polar surface area (TPSA) is 0 Å². The molecule has 0 bridgehead atoms. The van der Waals surface area contributed by atoms with E-state index in [9.17, 15) is 0 Å². The van der Waals surface area contributed by atoms with Gasteiger partial charge in [-0.1, -0.05) is 5.92 Å². The number of terminal acetylenes is 1. The van der Waals surface area contributed by atoms with E-state index in [1.165, 1.54) is 9.75 Å². The Bertz CT molecular complexity index is 328. The van der Waals surface area contributed by atoms with Crippen molar-refractivity contribution >= 4 is 27.3 Å². The molecular formula is C10H11BrS. The van der Waals surface area contributed by atoms with Crippen molar-refractivity contribution in [2.45, 2.75) is 26.2 Å². The van der Waals surface area contributed by atoms with E-state index in [1.54, 1.807) is 11.3 Å². The standard InChI is InChI=1S/C10H11BrS/c1-5-10(3,4)9-8(11)6-7(2)12-9/h1,6H,2-4H3. The van der Waals surface area contributed by atoms with Gasteiger partial charge in [0.15, 0.2) is 0 Å². The van der Waals surface area contributed by atoms with Crippen LogP contribution in [0.4, 0.5) is 0 Å². The Morgan fingerprint density at radius 1 is 1.58 bits per heavy atom. The van der Waals surface area contributed by atoms with E-state index >= 15 is 0 Å². The van der Waals surface area contributed by atoms with Crippen LogP contribution in [0, 0.1) is 19.3 Å². The van der Waals surface area contributed by atoms with Crippen molar-refractivity contribution in [1.29, 1.82) is 0 Å². The molecule has 0 amide bonds. The molecule has 0 N–H and O–H groups in total. The van der Waals surface area contributed by atoms with E-state index in [0.717, 1.165) is 4.47 Å². The Hall–Kier alpha value is -0.260. The summed E-state index contributed by atoms with van der Waals surface area (Å²) in [6.07, 6.45) is 5.45. The molecule has 0 saturated heterocycles. The number of halogens is 1. The number of hydrogen-bond donors (Lipinski definition) is 0. The predicted molar refractivity (Wildman–Crippen MR) is 58.6 cm³/mol. The summed E-state index contributed by atoms with van der Waals surface area (Å²) in [4.78, 5) is 2.53. The van der Waals surface area contributed by atoms with Gasteiger partial charge in [-0.25, -0.2) is 0 Å². The summed E-state index contributed by atoms with van der Waals surface area (Å²) < 4.78 is 1.13. The van der Waals surface area contributed by atoms with Gasteiger partial charge in [0, 0.05) is 14.2 Å². The Balaban J connectivity index is 3.21. The fourth-order valence-corrected chi connectivity index (χ4v) is 3.18. The normalized spacial score (nSPS) is 11.2. The van der Waals surface area contributed by atoms with Crippen LogP contribution in [0.25, 0.3) is 0 Å². The molecule has 12 heavy (non-hydrogen) atoms. The minimum atomic E-state index is -0.155. The van der Waals surface area contributed by atoms with Crippen LogP contribution in [0.5, 0.6) is 0 Å². The zero-order valence-electron chi connectivity index (χ0n) is 7.44. The molecule has 0 fully saturated rings. The molecule has 0 aliphatic heterocycles. The fourth-order valence-electron chi connectivity index (χ4n) is 0.975. The number of rotatable bonds is 1. The lowest BCUT2D eigenvalue weighted by Gasteiger charge is -2.15. The van der Waals surface area contributed by atoms with Gasteiger partial charge in [0.05, 0.1) is 5.41 Å². The molecule has 0 radical (unpaired) electrons. The lowest BCUT2D eigenvalue weighted by molar-refractivity contribution is 0.713. The first-order valence-corrected chi connectivity index (χ1v) is 5.32. The third-order valence-electron chi connectivity index (χ3n) is 1.74. The van der Waals surface area contributed by atoms with Gasteiger partial charge in [0.25, 0.3) is 0 Å². The highest BCUT2D eigenvalue weighted by Gasteiger charge is 2.22. The minimum absolute atomic E-state index is 0.155. The van der Waals surface area contributed by atoms with Gasteiger partial charge < -0.3 is 0 Å². The smallest absolute Gasteiger partial charge is 0.0608 e. The molecule has 0 aliphatic carbocycles. The molecule has 0 nitrogen and oxygen atoms in total. The molecule has 1 aromatic rings. The highest BCUT2D eigenvalue weighted by molar-refractivity contribution is 9.10. The summed E-state index contributed by atoms with van der Waals surface area (Å²) in [6, 6.07) is 2.11. The van der Waals surface area contributed by atoms with Crippen LogP contribution < -0.4 is 0 Å². The van der Waals surface area contributed by atoms with Crippen LogP contribution in [0.2, 0.25) is 0 Å². The molecule has 0 unspecified atom stereocenters. The predicted octanol–water partition coefficient (Wildman–Crippen LogP) is 3.73. The highest BCUT2D eigenvalue weighted by Crippen LogP contribution is 2.36. The largest absolute Gasteiger partial charge is 0.143 e. The molecule has 64 valence electrons. The second-order valence-electron chi connectivity index (χ2n) is 3.30. The molecule has 2 heteroatoms. The summed E-state index contributed by atoms with van der Waals surface area (Å²) in [5.41, 5.74) is -0.155. The Morgan fingerprint density at radius 3 is 2.50 bits per heavy atom. The fraction of sp³-hybridized carbons (Fsp3) is 0.400. The van der Waals surface area contributed by atoms with E-state index in [1.807, 2.05) is 0 Å². The summed E-state index contributed by atoms with van der Waals surface area (Å²) in [6.45, 7) is 6.21. The van der Waals surface area contributed by atoms with Crippen LogP contribution in [-0.4, -0.2) is 0 Å². The Kier molecular flexibility index (Phi) is 2.65. The van der Waals surface area contributed by atoms with Crippen LogP contribution in [0.15, 0.2) is 10.5 Å². The maximum atomic E-state index is 5.45. The van der Waals surface area contributed by atoms with Crippen molar-refractivity contribution in [2.75, 3.05) is 0 Å². The summed E-state index contributed by atoms with van der Waals surface area (Å²) in [5.74, 6) is 2.79. The van der Waals surface area contributed by atoms with Gasteiger partial charge in [-0.2, -0.15) is 0 Å². The van der Waals surface area contributed by atoms with Gasteiger partial charge in [-0.3, -0.25) is 0 Å². The van der Waals surface area contributed by atoms with E-state index in [4.69, 9.17) is 6.42 Å². The van der Waals surface area contributed by atoms with Gasteiger partial charge in [0.1, 0.15) is 0 Å². The van der Waals surface area contributed by atoms with Gasteiger partial charge >= 0.3 is 0 Å². The zero-order valence-corrected chi connectivity index (χ0v) is 9.84. The van der Waals surface area contributed by atoms with Crippen molar-refractivity contribution in [1.82, 2.24) is 0 Å². The Morgan fingerprint density at radius 2 is 2.17 bits per heavy atom. The molecule has 0 atom stereocenters. The van der Waals surface area contributed by atoms with Gasteiger partial charge in [0.2, 0.25) is 0 Å². The maximum Gasteiger partial charge on any atom is 0.0608 e. The average molecular weight is 243 g/mol. The molecular weight excluding hydrogens is 232 g/mol. The third-order valence-corrected chi connectivity index (χ3v) is 4.00. The van der Waals surface area contributed by atoms with Crippen molar-refractivity contribution < 1.29 is 0 Å². The molecule has 0 aliphatic rings. The van der Waals surface area contributed by atoms with Gasteiger partial charge in [-0.15, -0.1) is 17.8 Å². The van der Waals surface area contributed by atoms with E-state index in [0.29, 0.717) is 0 Å². The first-order chi connectivity index (χ1) is 5.47. The van der Waals surface area contributed by atoms with E-state index in [-0.39, 0.29) is 5.41 Å². The first-order valence-electron chi connectivity index (χ1n) is 3.71. The number of aryl methyl sites for hydroxylation is 1. The molecule has 0 spiro atoms. The summed E-state index contributed by atoms with van der Waals surface area (Å²) in [7, 11) is 0. The highest BCUT2D eigenvalue weighted by atomic mass is 79.9. The van der Waals surface area contributed by atoms with Crippen molar-refractivity contribution in [3.63, 3.8) is 0 Å². The lowest BCUT2D eigenvalue weighted by atomic mass is 9.93. The van der Waals surface area contributed by atoms with Crippen molar-refractivity contribution in [2.24, 2.45) is 0 Å². The molecule has 1 aromatic heterocycles. The number of thiophene rings is 1. The van der Waals surface area contributed by atoms with Crippen LogP contribution in [0.1, 0.15) is 23.6 Å². The Labute approximate surface area is 86.1 Å². The molecule has 1 heterocycles. The SMILES string of the molecule is C#CC(C)(C)c1sc(C)cc1Br. The zero-order chi connectivity index (χ0) is 9.35. The van der Waals surface area contributed by atoms with E-state index in [2.05, 4.69) is 48.7 Å². The maximum absolute atomic E-state index is 5.45. The second kappa shape index (κ2) is 3.24. The first kappa shape index (κ1) is 9.83. The van der Waals surface area contributed by atoms with Crippen molar-refractivity contribution in [3.05, 3.63) is 20.3 Å².